The van der Waals surface area contributed by atoms with E-state index in [9.17, 15) is 0 Å². The first-order valence-corrected chi connectivity index (χ1v) is 6.57. The monoisotopic (exact) mass is 268 g/mol. The highest BCUT2D eigenvalue weighted by molar-refractivity contribution is 5.90. The molecule has 2 aromatic heterocycles. The fourth-order valence-electron chi connectivity index (χ4n) is 2.35. The standard InChI is InChI=1S/C15H16N4O/c16-12-3-1-4-13-14(12)18-15(19(13)9-2-10-20)11-5-7-17-8-6-11/h1,3-8,20H,2,9-10,16H2. The highest BCUT2D eigenvalue weighted by atomic mass is 16.3. The summed E-state index contributed by atoms with van der Waals surface area (Å²) in [5.41, 5.74) is 9.46. The number of anilines is 1. The number of imidazole rings is 1. The molecule has 0 amide bonds. The molecule has 0 bridgehead atoms. The van der Waals surface area contributed by atoms with Crippen molar-refractivity contribution in [3.05, 3.63) is 42.7 Å². The molecule has 0 spiro atoms. The van der Waals surface area contributed by atoms with Gasteiger partial charge in [0, 0.05) is 31.1 Å². The molecule has 0 aliphatic heterocycles. The molecule has 3 N–H and O–H groups in total. The maximum atomic E-state index is 9.08. The van der Waals surface area contributed by atoms with Crippen molar-refractivity contribution < 1.29 is 5.11 Å². The van der Waals surface area contributed by atoms with Crippen molar-refractivity contribution in [1.82, 2.24) is 14.5 Å². The lowest BCUT2D eigenvalue weighted by Gasteiger charge is -2.08. The van der Waals surface area contributed by atoms with Gasteiger partial charge in [-0.25, -0.2) is 4.98 Å². The fourth-order valence-corrected chi connectivity index (χ4v) is 2.35. The zero-order chi connectivity index (χ0) is 13.9. The summed E-state index contributed by atoms with van der Waals surface area (Å²) in [6.45, 7) is 0.853. The van der Waals surface area contributed by atoms with Crippen LogP contribution in [0.5, 0.6) is 0 Å². The molecular weight excluding hydrogens is 252 g/mol. The average molecular weight is 268 g/mol. The minimum absolute atomic E-state index is 0.151. The number of benzene rings is 1. The molecule has 5 heteroatoms. The zero-order valence-corrected chi connectivity index (χ0v) is 11.0. The lowest BCUT2D eigenvalue weighted by atomic mass is 10.2. The minimum atomic E-state index is 0.151. The number of fused-ring (bicyclic) bond motifs is 1. The van der Waals surface area contributed by atoms with Crippen LogP contribution in [-0.2, 0) is 6.54 Å². The van der Waals surface area contributed by atoms with Gasteiger partial charge in [-0.2, -0.15) is 0 Å². The summed E-state index contributed by atoms with van der Waals surface area (Å²) >= 11 is 0. The van der Waals surface area contributed by atoms with Gasteiger partial charge < -0.3 is 15.4 Å². The van der Waals surface area contributed by atoms with Gasteiger partial charge in [0.25, 0.3) is 0 Å². The van der Waals surface area contributed by atoms with Gasteiger partial charge in [-0.05, 0) is 30.7 Å². The van der Waals surface area contributed by atoms with E-state index in [1.807, 2.05) is 30.3 Å². The van der Waals surface area contributed by atoms with Crippen LogP contribution in [0.2, 0.25) is 0 Å². The van der Waals surface area contributed by atoms with Crippen LogP contribution < -0.4 is 5.73 Å². The molecule has 102 valence electrons. The smallest absolute Gasteiger partial charge is 0.141 e. The van der Waals surface area contributed by atoms with Crippen LogP contribution in [0.4, 0.5) is 5.69 Å². The highest BCUT2D eigenvalue weighted by Crippen LogP contribution is 2.27. The van der Waals surface area contributed by atoms with Crippen LogP contribution in [0, 0.1) is 0 Å². The Hall–Kier alpha value is -2.40. The Kier molecular flexibility index (Phi) is 3.35. The largest absolute Gasteiger partial charge is 0.397 e. The van der Waals surface area contributed by atoms with Crippen molar-refractivity contribution in [3.63, 3.8) is 0 Å². The summed E-state index contributed by atoms with van der Waals surface area (Å²) in [7, 11) is 0. The van der Waals surface area contributed by atoms with E-state index < -0.39 is 0 Å². The molecular formula is C15H16N4O. The van der Waals surface area contributed by atoms with Crippen molar-refractivity contribution in [1.29, 1.82) is 0 Å². The number of aliphatic hydroxyl groups is 1. The maximum Gasteiger partial charge on any atom is 0.141 e. The number of rotatable bonds is 4. The molecule has 0 aliphatic carbocycles. The van der Waals surface area contributed by atoms with Crippen LogP contribution in [-0.4, -0.2) is 26.2 Å². The second-order valence-electron chi connectivity index (χ2n) is 4.62. The van der Waals surface area contributed by atoms with E-state index in [0.717, 1.165) is 22.4 Å². The highest BCUT2D eigenvalue weighted by Gasteiger charge is 2.13. The SMILES string of the molecule is Nc1cccc2c1nc(-c1ccncc1)n2CCCO. The van der Waals surface area contributed by atoms with Crippen molar-refractivity contribution in [3.8, 4) is 11.4 Å². The summed E-state index contributed by atoms with van der Waals surface area (Å²) in [6.07, 6.45) is 4.17. The third-order valence-electron chi connectivity index (χ3n) is 3.29. The van der Waals surface area contributed by atoms with Crippen LogP contribution >= 0.6 is 0 Å². The van der Waals surface area contributed by atoms with Crippen molar-refractivity contribution in [2.75, 3.05) is 12.3 Å². The Morgan fingerprint density at radius 2 is 1.95 bits per heavy atom. The number of hydrogen-bond acceptors (Lipinski definition) is 4. The lowest BCUT2D eigenvalue weighted by Crippen LogP contribution is -2.02. The summed E-state index contributed by atoms with van der Waals surface area (Å²) < 4.78 is 2.09. The number of para-hydroxylation sites is 1. The van der Waals surface area contributed by atoms with Gasteiger partial charge >= 0.3 is 0 Å². The molecule has 3 rings (SSSR count). The normalized spacial score (nSPS) is 11.1. The van der Waals surface area contributed by atoms with Gasteiger partial charge in [0.2, 0.25) is 0 Å². The topological polar surface area (TPSA) is 77.0 Å². The Morgan fingerprint density at radius 1 is 1.15 bits per heavy atom. The molecule has 0 radical (unpaired) electrons. The van der Waals surface area contributed by atoms with E-state index in [1.165, 1.54) is 0 Å². The first-order valence-electron chi connectivity index (χ1n) is 6.57. The number of aromatic nitrogens is 3. The van der Waals surface area contributed by atoms with Gasteiger partial charge in [0.15, 0.2) is 0 Å². The molecule has 0 saturated carbocycles. The maximum absolute atomic E-state index is 9.08. The van der Waals surface area contributed by atoms with Crippen LogP contribution in [0.25, 0.3) is 22.4 Å². The van der Waals surface area contributed by atoms with E-state index in [0.29, 0.717) is 18.7 Å². The van der Waals surface area contributed by atoms with E-state index in [1.54, 1.807) is 12.4 Å². The molecule has 3 aromatic rings. The summed E-state index contributed by atoms with van der Waals surface area (Å²) in [6, 6.07) is 9.62. The number of pyridine rings is 1. The first-order chi connectivity index (χ1) is 9.81. The van der Waals surface area contributed by atoms with Crippen molar-refractivity contribution in [2.45, 2.75) is 13.0 Å². The van der Waals surface area contributed by atoms with Gasteiger partial charge in [0.1, 0.15) is 11.3 Å². The first kappa shape index (κ1) is 12.6. The number of aliphatic hydroxyl groups excluding tert-OH is 1. The van der Waals surface area contributed by atoms with E-state index in [4.69, 9.17) is 10.8 Å². The second-order valence-corrected chi connectivity index (χ2v) is 4.62. The summed E-state index contributed by atoms with van der Waals surface area (Å²) in [5, 5.41) is 9.08. The predicted octanol–water partition coefficient (Wildman–Crippen LogP) is 2.06. The van der Waals surface area contributed by atoms with Gasteiger partial charge in [0.05, 0.1) is 11.2 Å². The zero-order valence-electron chi connectivity index (χ0n) is 11.0. The van der Waals surface area contributed by atoms with E-state index in [-0.39, 0.29) is 6.61 Å². The Balaban J connectivity index is 2.22. The third-order valence-corrected chi connectivity index (χ3v) is 3.29. The lowest BCUT2D eigenvalue weighted by molar-refractivity contribution is 0.281. The van der Waals surface area contributed by atoms with Crippen LogP contribution in [0.3, 0.4) is 0 Å². The van der Waals surface area contributed by atoms with Crippen LogP contribution in [0.15, 0.2) is 42.7 Å². The van der Waals surface area contributed by atoms with Gasteiger partial charge in [-0.15, -0.1) is 0 Å². The van der Waals surface area contributed by atoms with Gasteiger partial charge in [-0.1, -0.05) is 6.07 Å². The molecule has 1 aromatic carbocycles. The number of hydrogen-bond donors (Lipinski definition) is 2. The molecule has 0 aliphatic rings. The number of nitrogens with two attached hydrogens (primary N) is 1. The molecule has 5 nitrogen and oxygen atoms in total. The predicted molar refractivity (Wildman–Crippen MR) is 79.1 cm³/mol. The Labute approximate surface area is 116 Å². The Bertz CT molecular complexity index is 721. The van der Waals surface area contributed by atoms with E-state index >= 15 is 0 Å². The molecule has 20 heavy (non-hydrogen) atoms. The van der Waals surface area contributed by atoms with Crippen molar-refractivity contribution >= 4 is 16.7 Å². The van der Waals surface area contributed by atoms with Gasteiger partial charge in [-0.3, -0.25) is 4.98 Å². The number of nitrogens with zero attached hydrogens (tertiary/aromatic N) is 3. The Morgan fingerprint density at radius 3 is 2.70 bits per heavy atom. The van der Waals surface area contributed by atoms with Crippen LogP contribution in [0.1, 0.15) is 6.42 Å². The summed E-state index contributed by atoms with van der Waals surface area (Å²) in [5.74, 6) is 0.855. The third kappa shape index (κ3) is 2.12. The van der Waals surface area contributed by atoms with E-state index in [2.05, 4.69) is 14.5 Å². The fraction of sp³-hybridized carbons (Fsp3) is 0.200. The minimum Gasteiger partial charge on any atom is -0.397 e. The average Bonchev–Trinajstić information content (AvgIpc) is 2.86. The molecule has 0 atom stereocenters. The molecule has 2 heterocycles. The summed E-state index contributed by atoms with van der Waals surface area (Å²) in [4.78, 5) is 8.70. The quantitative estimate of drug-likeness (QED) is 0.710. The van der Waals surface area contributed by atoms with Crippen molar-refractivity contribution in [2.24, 2.45) is 0 Å². The molecule has 0 fully saturated rings. The second kappa shape index (κ2) is 5.30. The molecule has 0 unspecified atom stereocenters. The number of nitrogen functional groups attached to an aromatic ring is 1. The number of aryl methyl sites for hydroxylation is 1. The molecule has 0 saturated heterocycles.